The van der Waals surface area contributed by atoms with Crippen molar-refractivity contribution in [2.45, 2.75) is 33.6 Å². The molecule has 0 radical (unpaired) electrons. The Hall–Kier alpha value is -2.49. The first kappa shape index (κ1) is 17.3. The Balaban J connectivity index is 1.91. The lowest BCUT2D eigenvalue weighted by Crippen LogP contribution is -2.26. The number of allylic oxidation sites excluding steroid dienone is 3. The second-order valence-electron chi connectivity index (χ2n) is 7.36. The highest BCUT2D eigenvalue weighted by Crippen LogP contribution is 2.41. The van der Waals surface area contributed by atoms with E-state index in [0.29, 0.717) is 11.6 Å². The number of hydrogen-bond acceptors (Lipinski definition) is 3. The van der Waals surface area contributed by atoms with Crippen molar-refractivity contribution in [3.05, 3.63) is 59.6 Å². The van der Waals surface area contributed by atoms with Gasteiger partial charge in [-0.25, -0.2) is 14.4 Å². The Kier molecular flexibility index (Phi) is 4.71. The van der Waals surface area contributed by atoms with Gasteiger partial charge in [-0.2, -0.15) is 0 Å². The molecule has 1 aromatic heterocycles. The molecule has 0 fully saturated rings. The third-order valence-electron chi connectivity index (χ3n) is 4.95. The first-order chi connectivity index (χ1) is 11.8. The molecule has 4 heteroatoms. The number of anilines is 1. The van der Waals surface area contributed by atoms with E-state index in [1.807, 2.05) is 12.1 Å². The molecular weight excluding hydrogens is 313 g/mol. The average molecular weight is 337 g/mol. The minimum absolute atomic E-state index is 0.219. The van der Waals surface area contributed by atoms with Gasteiger partial charge in [-0.15, -0.1) is 0 Å². The van der Waals surface area contributed by atoms with Gasteiger partial charge >= 0.3 is 0 Å². The predicted octanol–water partition coefficient (Wildman–Crippen LogP) is 5.26. The molecule has 1 atom stereocenters. The largest absolute Gasteiger partial charge is 0.368 e. The highest BCUT2D eigenvalue weighted by Gasteiger charge is 2.30. The zero-order valence-electron chi connectivity index (χ0n) is 15.0. The third kappa shape index (κ3) is 3.95. The van der Waals surface area contributed by atoms with Crippen LogP contribution in [0.3, 0.4) is 0 Å². The number of benzene rings is 1. The third-order valence-corrected chi connectivity index (χ3v) is 4.95. The van der Waals surface area contributed by atoms with Crippen molar-refractivity contribution in [3.63, 3.8) is 0 Å². The maximum absolute atomic E-state index is 13.1. The molecule has 1 aliphatic rings. The van der Waals surface area contributed by atoms with E-state index in [2.05, 4.69) is 42.9 Å². The van der Waals surface area contributed by atoms with Crippen LogP contribution in [-0.4, -0.2) is 9.97 Å². The fourth-order valence-electron chi connectivity index (χ4n) is 3.52. The second kappa shape index (κ2) is 6.79. The number of rotatable bonds is 3. The maximum Gasteiger partial charge on any atom is 0.221 e. The fraction of sp³-hybridized carbons (Fsp3) is 0.333. The highest BCUT2D eigenvalue weighted by atomic mass is 19.1. The molecule has 0 aliphatic heterocycles. The lowest BCUT2D eigenvalue weighted by molar-refractivity contribution is 0.256. The van der Waals surface area contributed by atoms with Crippen LogP contribution >= 0.6 is 0 Å². The molecule has 0 spiro atoms. The molecule has 1 unspecified atom stereocenters. The average Bonchev–Trinajstić information content (AvgIpc) is 2.54. The van der Waals surface area contributed by atoms with E-state index in [9.17, 15) is 4.39 Å². The minimum atomic E-state index is -0.271. The summed E-state index contributed by atoms with van der Waals surface area (Å²) in [5, 5.41) is 0. The van der Waals surface area contributed by atoms with Gasteiger partial charge < -0.3 is 5.73 Å². The summed E-state index contributed by atoms with van der Waals surface area (Å²) in [5.74, 6) is 0.330. The van der Waals surface area contributed by atoms with Crippen LogP contribution in [0, 0.1) is 17.2 Å². The van der Waals surface area contributed by atoms with E-state index in [1.165, 1.54) is 24.1 Å². The molecule has 3 rings (SSSR count). The quantitative estimate of drug-likeness (QED) is 0.777. The molecule has 0 amide bonds. The molecular formula is C21H24FN3. The van der Waals surface area contributed by atoms with Crippen molar-refractivity contribution in [2.24, 2.45) is 11.3 Å². The van der Waals surface area contributed by atoms with Crippen molar-refractivity contribution in [2.75, 3.05) is 5.73 Å². The van der Waals surface area contributed by atoms with Gasteiger partial charge in [0.05, 0.1) is 11.4 Å². The molecule has 1 heterocycles. The van der Waals surface area contributed by atoms with Crippen LogP contribution in [-0.2, 0) is 0 Å². The summed E-state index contributed by atoms with van der Waals surface area (Å²) in [6.07, 6.45) is 8.85. The highest BCUT2D eigenvalue weighted by molar-refractivity contribution is 5.63. The van der Waals surface area contributed by atoms with Crippen LogP contribution in [0.2, 0.25) is 0 Å². The number of nitrogen functional groups attached to an aromatic ring is 1. The van der Waals surface area contributed by atoms with Gasteiger partial charge in [-0.3, -0.25) is 0 Å². The molecule has 2 aromatic rings. The van der Waals surface area contributed by atoms with E-state index >= 15 is 0 Å². The number of aromatic nitrogens is 2. The Bertz CT molecular complexity index is 820. The molecule has 0 saturated carbocycles. The van der Waals surface area contributed by atoms with Gasteiger partial charge in [-0.1, -0.05) is 31.6 Å². The van der Waals surface area contributed by atoms with Crippen molar-refractivity contribution in [1.29, 1.82) is 0 Å². The van der Waals surface area contributed by atoms with Crippen LogP contribution in [0.1, 0.15) is 39.3 Å². The van der Waals surface area contributed by atoms with E-state index in [0.717, 1.165) is 17.7 Å². The van der Waals surface area contributed by atoms with Crippen molar-refractivity contribution in [1.82, 2.24) is 9.97 Å². The van der Waals surface area contributed by atoms with Gasteiger partial charge in [-0.05, 0) is 61.6 Å². The van der Waals surface area contributed by atoms with Gasteiger partial charge in [0.1, 0.15) is 5.82 Å². The molecule has 25 heavy (non-hydrogen) atoms. The SMILES string of the molecule is CC1=CCCC(C)(C)C1/C=C/c1cc(-c2ccc(F)cc2)nc(N)n1. The monoisotopic (exact) mass is 337 g/mol. The first-order valence-corrected chi connectivity index (χ1v) is 8.60. The molecule has 1 aliphatic carbocycles. The Labute approximate surface area is 148 Å². The summed E-state index contributed by atoms with van der Waals surface area (Å²) >= 11 is 0. The zero-order valence-corrected chi connectivity index (χ0v) is 15.0. The number of nitrogens with two attached hydrogens (primary N) is 1. The van der Waals surface area contributed by atoms with Gasteiger partial charge in [0.15, 0.2) is 0 Å². The molecule has 2 N–H and O–H groups in total. The first-order valence-electron chi connectivity index (χ1n) is 8.60. The lowest BCUT2D eigenvalue weighted by atomic mass is 9.68. The van der Waals surface area contributed by atoms with E-state index < -0.39 is 0 Å². The van der Waals surface area contributed by atoms with E-state index in [-0.39, 0.29) is 17.2 Å². The topological polar surface area (TPSA) is 51.8 Å². The zero-order chi connectivity index (χ0) is 18.0. The fourth-order valence-corrected chi connectivity index (χ4v) is 3.52. The number of halogens is 1. The Morgan fingerprint density at radius 1 is 1.20 bits per heavy atom. The van der Waals surface area contributed by atoms with Crippen molar-refractivity contribution in [3.8, 4) is 11.3 Å². The van der Waals surface area contributed by atoms with E-state index in [4.69, 9.17) is 5.73 Å². The normalized spacial score (nSPS) is 19.8. The van der Waals surface area contributed by atoms with Crippen molar-refractivity contribution >= 4 is 12.0 Å². The van der Waals surface area contributed by atoms with Gasteiger partial charge in [0.25, 0.3) is 0 Å². The number of nitrogens with zero attached hydrogens (tertiary/aromatic N) is 2. The van der Waals surface area contributed by atoms with Crippen LogP contribution in [0.25, 0.3) is 17.3 Å². The summed E-state index contributed by atoms with van der Waals surface area (Å²) in [4.78, 5) is 8.59. The molecule has 3 nitrogen and oxygen atoms in total. The summed E-state index contributed by atoms with van der Waals surface area (Å²) < 4.78 is 13.1. The van der Waals surface area contributed by atoms with Crippen LogP contribution in [0.5, 0.6) is 0 Å². The minimum Gasteiger partial charge on any atom is -0.368 e. The molecule has 130 valence electrons. The Morgan fingerprint density at radius 3 is 2.60 bits per heavy atom. The smallest absolute Gasteiger partial charge is 0.221 e. The summed E-state index contributed by atoms with van der Waals surface area (Å²) in [7, 11) is 0. The second-order valence-corrected chi connectivity index (χ2v) is 7.36. The van der Waals surface area contributed by atoms with Crippen LogP contribution in [0.15, 0.2) is 48.1 Å². The molecule has 0 saturated heterocycles. The molecule has 1 aromatic carbocycles. The number of hydrogen-bond donors (Lipinski definition) is 1. The van der Waals surface area contributed by atoms with E-state index in [1.54, 1.807) is 12.1 Å². The van der Waals surface area contributed by atoms with Crippen LogP contribution in [0.4, 0.5) is 10.3 Å². The Morgan fingerprint density at radius 2 is 1.92 bits per heavy atom. The summed E-state index contributed by atoms with van der Waals surface area (Å²) in [5.41, 5.74) is 9.78. The summed E-state index contributed by atoms with van der Waals surface area (Å²) in [6, 6.07) is 8.11. The van der Waals surface area contributed by atoms with Crippen LogP contribution < -0.4 is 5.73 Å². The standard InChI is InChI=1S/C21H24FN3/c1-14-5-4-12-21(2,3)18(14)11-10-17-13-19(25-20(23)24-17)15-6-8-16(22)9-7-15/h5-11,13,18H,4,12H2,1-3H3,(H2,23,24,25)/b11-10+. The predicted molar refractivity (Wildman–Crippen MR) is 101 cm³/mol. The van der Waals surface area contributed by atoms with Gasteiger partial charge in [0.2, 0.25) is 5.95 Å². The summed E-state index contributed by atoms with van der Waals surface area (Å²) in [6.45, 7) is 6.79. The maximum atomic E-state index is 13.1. The van der Waals surface area contributed by atoms with Gasteiger partial charge in [0, 0.05) is 11.5 Å². The van der Waals surface area contributed by atoms with Crippen molar-refractivity contribution < 1.29 is 4.39 Å². The lowest BCUT2D eigenvalue weighted by Gasteiger charge is -2.36. The molecule has 0 bridgehead atoms.